The van der Waals surface area contributed by atoms with E-state index in [1.54, 1.807) is 14.0 Å². The Morgan fingerprint density at radius 1 is 1.22 bits per heavy atom. The van der Waals surface area contributed by atoms with Crippen LogP contribution in [0, 0.1) is 11.8 Å². The van der Waals surface area contributed by atoms with Crippen molar-refractivity contribution in [1.29, 1.82) is 0 Å². The zero-order chi connectivity index (χ0) is 14.3. The summed E-state index contributed by atoms with van der Waals surface area (Å²) in [5.74, 6) is -2.06. The van der Waals surface area contributed by atoms with E-state index in [9.17, 15) is 14.4 Å². The van der Waals surface area contributed by atoms with Crippen LogP contribution in [0.4, 0.5) is 4.79 Å². The number of carboxylic acids is 1. The monoisotopic (exact) mass is 259 g/mol. The molecular formula is C11H21N3O4. The zero-order valence-electron chi connectivity index (χ0n) is 11.2. The molecule has 0 aromatic heterocycles. The molecule has 0 fully saturated rings. The fourth-order valence-corrected chi connectivity index (χ4v) is 1.29. The minimum Gasteiger partial charge on any atom is -0.481 e. The van der Waals surface area contributed by atoms with E-state index in [4.69, 9.17) is 5.11 Å². The van der Waals surface area contributed by atoms with Crippen LogP contribution in [0.2, 0.25) is 0 Å². The van der Waals surface area contributed by atoms with E-state index in [-0.39, 0.29) is 30.9 Å². The Hall–Kier alpha value is -1.79. The molecule has 7 nitrogen and oxygen atoms in total. The minimum absolute atomic E-state index is 0.0624. The molecule has 0 aliphatic heterocycles. The molecule has 0 saturated heterocycles. The van der Waals surface area contributed by atoms with E-state index in [2.05, 4.69) is 10.6 Å². The lowest BCUT2D eigenvalue weighted by Gasteiger charge is -2.21. The highest BCUT2D eigenvalue weighted by molar-refractivity contribution is 5.80. The summed E-state index contributed by atoms with van der Waals surface area (Å²) in [5.41, 5.74) is 0. The fourth-order valence-electron chi connectivity index (χ4n) is 1.29. The van der Waals surface area contributed by atoms with Gasteiger partial charge < -0.3 is 20.6 Å². The molecule has 0 aromatic carbocycles. The second-order valence-electron chi connectivity index (χ2n) is 4.32. The first-order chi connectivity index (χ1) is 8.29. The molecule has 3 amide bonds. The first kappa shape index (κ1) is 16.2. The molecule has 0 spiro atoms. The van der Waals surface area contributed by atoms with Crippen LogP contribution in [0.1, 0.15) is 13.8 Å². The van der Waals surface area contributed by atoms with Crippen molar-refractivity contribution in [2.24, 2.45) is 11.8 Å². The zero-order valence-corrected chi connectivity index (χ0v) is 11.2. The summed E-state index contributed by atoms with van der Waals surface area (Å²) in [5, 5.41) is 13.7. The lowest BCUT2D eigenvalue weighted by molar-refractivity contribution is -0.140. The van der Waals surface area contributed by atoms with Crippen LogP contribution in [-0.4, -0.2) is 55.1 Å². The number of carbonyl (C=O) groups is 3. The molecule has 0 rings (SSSR count). The first-order valence-electron chi connectivity index (χ1n) is 5.73. The quantitative estimate of drug-likeness (QED) is 0.611. The van der Waals surface area contributed by atoms with E-state index >= 15 is 0 Å². The van der Waals surface area contributed by atoms with Crippen molar-refractivity contribution >= 4 is 17.9 Å². The van der Waals surface area contributed by atoms with Gasteiger partial charge in [0.1, 0.15) is 0 Å². The SMILES string of the molecule is CNC(=O)C(C)CN(C)C(=O)NCC(C)C(=O)O. The van der Waals surface area contributed by atoms with Gasteiger partial charge in [-0.2, -0.15) is 0 Å². The van der Waals surface area contributed by atoms with Crippen LogP contribution in [-0.2, 0) is 9.59 Å². The van der Waals surface area contributed by atoms with Gasteiger partial charge in [0, 0.05) is 27.2 Å². The molecular weight excluding hydrogens is 238 g/mol. The Morgan fingerprint density at radius 2 is 1.78 bits per heavy atom. The molecule has 2 unspecified atom stereocenters. The van der Waals surface area contributed by atoms with Crippen molar-refractivity contribution in [3.8, 4) is 0 Å². The Kier molecular flexibility index (Phi) is 6.77. The number of rotatable bonds is 6. The second kappa shape index (κ2) is 7.52. The third-order valence-corrected chi connectivity index (χ3v) is 2.57. The molecule has 7 heteroatoms. The van der Waals surface area contributed by atoms with Gasteiger partial charge in [-0.25, -0.2) is 4.79 Å². The third-order valence-electron chi connectivity index (χ3n) is 2.57. The summed E-state index contributed by atoms with van der Waals surface area (Å²) < 4.78 is 0. The van der Waals surface area contributed by atoms with Gasteiger partial charge in [0.05, 0.1) is 11.8 Å². The predicted molar refractivity (Wildman–Crippen MR) is 66.1 cm³/mol. The molecule has 0 radical (unpaired) electrons. The average Bonchev–Trinajstić information content (AvgIpc) is 2.33. The van der Waals surface area contributed by atoms with E-state index < -0.39 is 11.9 Å². The van der Waals surface area contributed by atoms with E-state index in [1.807, 2.05) is 0 Å². The second-order valence-corrected chi connectivity index (χ2v) is 4.32. The summed E-state index contributed by atoms with van der Waals surface area (Å²) in [6.07, 6.45) is 0. The summed E-state index contributed by atoms with van der Waals surface area (Å²) in [6.45, 7) is 3.55. The van der Waals surface area contributed by atoms with Crippen molar-refractivity contribution < 1.29 is 19.5 Å². The molecule has 0 aliphatic carbocycles. The van der Waals surface area contributed by atoms with Crippen molar-refractivity contribution in [3.63, 3.8) is 0 Å². The molecule has 0 aromatic rings. The largest absolute Gasteiger partial charge is 0.481 e. The highest BCUT2D eigenvalue weighted by Crippen LogP contribution is 1.99. The van der Waals surface area contributed by atoms with Crippen LogP contribution < -0.4 is 10.6 Å². The van der Waals surface area contributed by atoms with Gasteiger partial charge in [0.15, 0.2) is 0 Å². The van der Waals surface area contributed by atoms with E-state index in [0.29, 0.717) is 0 Å². The number of hydrogen-bond donors (Lipinski definition) is 3. The van der Waals surface area contributed by atoms with E-state index in [0.717, 1.165) is 0 Å². The number of carboxylic acid groups (broad SMARTS) is 1. The van der Waals surface area contributed by atoms with Gasteiger partial charge in [-0.05, 0) is 0 Å². The highest BCUT2D eigenvalue weighted by atomic mass is 16.4. The molecule has 0 bridgehead atoms. The standard InChI is InChI=1S/C11H21N3O4/c1-7(10(16)17)5-13-11(18)14(4)6-8(2)9(15)12-3/h7-8H,5-6H2,1-4H3,(H,12,15)(H,13,18)(H,16,17). The Morgan fingerprint density at radius 3 is 2.22 bits per heavy atom. The molecule has 0 saturated carbocycles. The van der Waals surface area contributed by atoms with Gasteiger partial charge in [-0.3, -0.25) is 9.59 Å². The number of aliphatic carboxylic acids is 1. The highest BCUT2D eigenvalue weighted by Gasteiger charge is 2.18. The topological polar surface area (TPSA) is 98.7 Å². The predicted octanol–water partition coefficient (Wildman–Crippen LogP) is -0.269. The first-order valence-corrected chi connectivity index (χ1v) is 5.73. The van der Waals surface area contributed by atoms with Crippen molar-refractivity contribution in [1.82, 2.24) is 15.5 Å². The minimum atomic E-state index is -0.961. The molecule has 0 aliphatic rings. The van der Waals surface area contributed by atoms with E-state index in [1.165, 1.54) is 18.9 Å². The van der Waals surface area contributed by atoms with Gasteiger partial charge in [-0.15, -0.1) is 0 Å². The fraction of sp³-hybridized carbons (Fsp3) is 0.727. The normalized spacial score (nSPS) is 13.3. The Labute approximate surface area is 107 Å². The summed E-state index contributed by atoms with van der Waals surface area (Å²) >= 11 is 0. The van der Waals surface area contributed by atoms with Crippen LogP contribution in [0.15, 0.2) is 0 Å². The number of carbonyl (C=O) groups excluding carboxylic acids is 2. The molecule has 3 N–H and O–H groups in total. The summed E-state index contributed by atoms with van der Waals surface area (Å²) in [4.78, 5) is 34.8. The van der Waals surface area contributed by atoms with Crippen LogP contribution >= 0.6 is 0 Å². The van der Waals surface area contributed by atoms with Gasteiger partial charge in [0.25, 0.3) is 0 Å². The smallest absolute Gasteiger partial charge is 0.317 e. The molecule has 104 valence electrons. The van der Waals surface area contributed by atoms with Crippen LogP contribution in [0.5, 0.6) is 0 Å². The maximum Gasteiger partial charge on any atom is 0.317 e. The number of nitrogens with one attached hydrogen (secondary N) is 2. The maximum atomic E-state index is 11.6. The van der Waals surface area contributed by atoms with Crippen molar-refractivity contribution in [2.75, 3.05) is 27.2 Å². The summed E-state index contributed by atoms with van der Waals surface area (Å²) in [7, 11) is 3.09. The molecule has 18 heavy (non-hydrogen) atoms. The lowest BCUT2D eigenvalue weighted by Crippen LogP contribution is -2.44. The Balaban J connectivity index is 4.11. The summed E-state index contributed by atoms with van der Waals surface area (Å²) in [6, 6.07) is -0.390. The lowest BCUT2D eigenvalue weighted by atomic mass is 10.1. The van der Waals surface area contributed by atoms with Gasteiger partial charge in [-0.1, -0.05) is 13.8 Å². The maximum absolute atomic E-state index is 11.6. The molecule has 2 atom stereocenters. The number of amides is 3. The van der Waals surface area contributed by atoms with Crippen LogP contribution in [0.25, 0.3) is 0 Å². The number of hydrogen-bond acceptors (Lipinski definition) is 3. The number of nitrogens with zero attached hydrogens (tertiary/aromatic N) is 1. The van der Waals surface area contributed by atoms with Gasteiger partial charge >= 0.3 is 12.0 Å². The van der Waals surface area contributed by atoms with Crippen LogP contribution in [0.3, 0.4) is 0 Å². The Bertz CT molecular complexity index is 319. The van der Waals surface area contributed by atoms with Crippen molar-refractivity contribution in [2.45, 2.75) is 13.8 Å². The third kappa shape index (κ3) is 5.51. The van der Waals surface area contributed by atoms with Gasteiger partial charge in [0.2, 0.25) is 5.91 Å². The number of urea groups is 1. The average molecular weight is 259 g/mol. The molecule has 0 heterocycles. The van der Waals surface area contributed by atoms with Crippen molar-refractivity contribution in [3.05, 3.63) is 0 Å².